The van der Waals surface area contributed by atoms with Gasteiger partial charge >= 0.3 is 0 Å². The Balaban J connectivity index is 1.71. The fourth-order valence-corrected chi connectivity index (χ4v) is 2.51. The third-order valence-corrected chi connectivity index (χ3v) is 4.28. The number of nitrogens with one attached hydrogen (secondary N) is 1. The molecule has 0 radical (unpaired) electrons. The Kier molecular flexibility index (Phi) is 4.05. The molecule has 1 N–H and O–H groups in total. The highest BCUT2D eigenvalue weighted by molar-refractivity contribution is 9.10. The fraction of sp³-hybridized carbons (Fsp3) is 0.333. The van der Waals surface area contributed by atoms with Crippen molar-refractivity contribution in [3.63, 3.8) is 0 Å². The van der Waals surface area contributed by atoms with Gasteiger partial charge < -0.3 is 5.32 Å². The molecule has 0 aliphatic heterocycles. The summed E-state index contributed by atoms with van der Waals surface area (Å²) in [6.07, 6.45) is 4.00. The summed E-state index contributed by atoms with van der Waals surface area (Å²) in [5, 5.41) is 7.34. The summed E-state index contributed by atoms with van der Waals surface area (Å²) >= 11 is 3.33. The van der Waals surface area contributed by atoms with Gasteiger partial charge in [0.05, 0.1) is 11.9 Å². The van der Waals surface area contributed by atoms with Gasteiger partial charge in [-0.25, -0.2) is 9.07 Å². The monoisotopic (exact) mass is 351 g/mol. The summed E-state index contributed by atoms with van der Waals surface area (Å²) in [7, 11) is 0. The molecular formula is C15H15BrFN3O. The van der Waals surface area contributed by atoms with Gasteiger partial charge in [0.2, 0.25) is 0 Å². The second-order valence-corrected chi connectivity index (χ2v) is 6.08. The summed E-state index contributed by atoms with van der Waals surface area (Å²) in [5.41, 5.74) is 1.47. The average molecular weight is 352 g/mol. The van der Waals surface area contributed by atoms with Crippen LogP contribution in [0.25, 0.3) is 0 Å². The van der Waals surface area contributed by atoms with Gasteiger partial charge in [0, 0.05) is 13.1 Å². The minimum Gasteiger partial charge on any atom is -0.379 e. The summed E-state index contributed by atoms with van der Waals surface area (Å²) in [5.74, 6) is 0.337. The van der Waals surface area contributed by atoms with Crippen molar-refractivity contribution >= 4 is 21.6 Å². The van der Waals surface area contributed by atoms with E-state index in [-0.39, 0.29) is 11.4 Å². The lowest BCUT2D eigenvalue weighted by Crippen LogP contribution is -2.25. The number of nitrogens with zero attached hydrogens (tertiary/aromatic N) is 2. The number of halogens is 2. The predicted molar refractivity (Wildman–Crippen MR) is 82.6 cm³/mol. The summed E-state index contributed by atoms with van der Waals surface area (Å²) in [6, 6.07) is 6.24. The largest absolute Gasteiger partial charge is 0.379 e. The molecule has 0 spiro atoms. The van der Waals surface area contributed by atoms with E-state index in [1.807, 2.05) is 0 Å². The molecule has 0 saturated heterocycles. The molecule has 21 heavy (non-hydrogen) atoms. The topological polar surface area (TPSA) is 46.9 Å². The minimum absolute atomic E-state index is 0.119. The molecule has 2 aromatic rings. The zero-order chi connectivity index (χ0) is 14.8. The van der Waals surface area contributed by atoms with Crippen LogP contribution in [-0.4, -0.2) is 9.78 Å². The third-order valence-electron chi connectivity index (χ3n) is 3.51. The molecule has 0 amide bonds. The molecule has 1 aliphatic carbocycles. The van der Waals surface area contributed by atoms with Gasteiger partial charge in [-0.15, -0.1) is 0 Å². The highest BCUT2D eigenvalue weighted by atomic mass is 79.9. The van der Waals surface area contributed by atoms with E-state index < -0.39 is 0 Å². The first-order valence-electron chi connectivity index (χ1n) is 6.87. The molecule has 110 valence electrons. The van der Waals surface area contributed by atoms with E-state index in [9.17, 15) is 9.18 Å². The van der Waals surface area contributed by atoms with Crippen molar-refractivity contribution in [2.24, 2.45) is 5.92 Å². The number of hydrogen-bond donors (Lipinski definition) is 1. The Hall–Kier alpha value is -1.69. The van der Waals surface area contributed by atoms with E-state index >= 15 is 0 Å². The second-order valence-electron chi connectivity index (χ2n) is 5.28. The Morgan fingerprint density at radius 1 is 1.33 bits per heavy atom. The maximum Gasteiger partial charge on any atom is 0.283 e. The SMILES string of the molecule is O=c1c(Br)c(NCc2ccc(F)cc2)cnn1CC1CC1. The van der Waals surface area contributed by atoms with Gasteiger partial charge in [0.1, 0.15) is 10.3 Å². The number of aromatic nitrogens is 2. The smallest absolute Gasteiger partial charge is 0.283 e. The van der Waals surface area contributed by atoms with Crippen LogP contribution in [0.3, 0.4) is 0 Å². The average Bonchev–Trinajstić information content (AvgIpc) is 3.29. The van der Waals surface area contributed by atoms with Crippen LogP contribution in [0.5, 0.6) is 0 Å². The maximum absolute atomic E-state index is 12.8. The van der Waals surface area contributed by atoms with E-state index in [0.29, 0.717) is 29.2 Å². The minimum atomic E-state index is -0.260. The van der Waals surface area contributed by atoms with Gasteiger partial charge in [-0.05, 0) is 52.4 Å². The van der Waals surface area contributed by atoms with Crippen LogP contribution in [-0.2, 0) is 13.1 Å². The van der Waals surface area contributed by atoms with Crippen molar-refractivity contribution < 1.29 is 4.39 Å². The zero-order valence-corrected chi connectivity index (χ0v) is 12.9. The number of rotatable bonds is 5. The van der Waals surface area contributed by atoms with E-state index in [2.05, 4.69) is 26.3 Å². The van der Waals surface area contributed by atoms with Gasteiger partial charge in [-0.3, -0.25) is 4.79 Å². The molecule has 1 fully saturated rings. The lowest BCUT2D eigenvalue weighted by Gasteiger charge is -2.10. The van der Waals surface area contributed by atoms with Gasteiger partial charge in [-0.1, -0.05) is 12.1 Å². The summed E-state index contributed by atoms with van der Waals surface area (Å²) < 4.78 is 14.8. The van der Waals surface area contributed by atoms with Crippen LogP contribution in [0.1, 0.15) is 18.4 Å². The second kappa shape index (κ2) is 5.97. The first kappa shape index (κ1) is 14.3. The molecule has 3 rings (SSSR count). The zero-order valence-electron chi connectivity index (χ0n) is 11.4. The molecule has 1 saturated carbocycles. The van der Waals surface area contributed by atoms with Gasteiger partial charge in [0.25, 0.3) is 5.56 Å². The predicted octanol–water partition coefficient (Wildman–Crippen LogP) is 3.17. The Bertz CT molecular complexity index is 695. The maximum atomic E-state index is 12.8. The molecular weight excluding hydrogens is 337 g/mol. The highest BCUT2D eigenvalue weighted by Crippen LogP contribution is 2.30. The number of benzene rings is 1. The van der Waals surface area contributed by atoms with E-state index in [1.54, 1.807) is 18.3 Å². The van der Waals surface area contributed by atoms with Crippen molar-refractivity contribution in [3.05, 3.63) is 56.7 Å². The van der Waals surface area contributed by atoms with Gasteiger partial charge in [0.15, 0.2) is 0 Å². The van der Waals surface area contributed by atoms with E-state index in [4.69, 9.17) is 0 Å². The Morgan fingerprint density at radius 2 is 2.05 bits per heavy atom. The van der Waals surface area contributed by atoms with Crippen LogP contribution in [0.2, 0.25) is 0 Å². The first-order valence-corrected chi connectivity index (χ1v) is 7.67. The molecule has 6 heteroatoms. The Labute approximate surface area is 130 Å². The highest BCUT2D eigenvalue weighted by Gasteiger charge is 2.23. The molecule has 0 unspecified atom stereocenters. The van der Waals surface area contributed by atoms with Crippen molar-refractivity contribution in [2.45, 2.75) is 25.9 Å². The molecule has 1 aromatic heterocycles. The lowest BCUT2D eigenvalue weighted by atomic mass is 10.2. The standard InChI is InChI=1S/C15H15BrFN3O/c16-14-13(18-7-10-3-5-12(17)6-4-10)8-19-20(15(14)21)9-11-1-2-11/h3-6,8,11,18H,1-2,7,9H2. The molecule has 1 aromatic carbocycles. The van der Waals surface area contributed by atoms with Crippen molar-refractivity contribution in [1.82, 2.24) is 9.78 Å². The van der Waals surface area contributed by atoms with Crippen LogP contribution in [0.15, 0.2) is 39.7 Å². The fourth-order valence-electron chi connectivity index (χ4n) is 2.06. The first-order chi connectivity index (χ1) is 10.1. The van der Waals surface area contributed by atoms with Gasteiger partial charge in [-0.2, -0.15) is 5.10 Å². The van der Waals surface area contributed by atoms with Crippen molar-refractivity contribution in [1.29, 1.82) is 0 Å². The van der Waals surface area contributed by atoms with Crippen molar-refractivity contribution in [2.75, 3.05) is 5.32 Å². The number of anilines is 1. The summed E-state index contributed by atoms with van der Waals surface area (Å²) in [6.45, 7) is 1.20. The molecule has 0 atom stereocenters. The quantitative estimate of drug-likeness (QED) is 0.899. The van der Waals surface area contributed by atoms with E-state index in [0.717, 1.165) is 5.56 Å². The van der Waals surface area contributed by atoms with Crippen LogP contribution in [0, 0.1) is 11.7 Å². The molecule has 1 heterocycles. The van der Waals surface area contributed by atoms with Crippen molar-refractivity contribution in [3.8, 4) is 0 Å². The van der Waals surface area contributed by atoms with E-state index in [1.165, 1.54) is 29.7 Å². The molecule has 0 bridgehead atoms. The van der Waals surface area contributed by atoms with Crippen LogP contribution >= 0.6 is 15.9 Å². The lowest BCUT2D eigenvalue weighted by molar-refractivity contribution is 0.532. The van der Waals surface area contributed by atoms with Crippen LogP contribution < -0.4 is 10.9 Å². The molecule has 4 nitrogen and oxygen atoms in total. The van der Waals surface area contributed by atoms with Crippen LogP contribution in [0.4, 0.5) is 10.1 Å². The third kappa shape index (κ3) is 3.50. The summed E-state index contributed by atoms with van der Waals surface area (Å²) in [4.78, 5) is 12.2. The normalized spacial score (nSPS) is 14.2. The molecule has 1 aliphatic rings. The Morgan fingerprint density at radius 3 is 2.71 bits per heavy atom. The number of hydrogen-bond acceptors (Lipinski definition) is 3.